The maximum Gasteiger partial charge on any atom is 0.281 e. The first-order valence-electron chi connectivity index (χ1n) is 6.23. The fourth-order valence-electron chi connectivity index (χ4n) is 2.06. The number of carbonyl (C=O) groups is 1. The lowest BCUT2D eigenvalue weighted by atomic mass is 10.2. The molecule has 1 N–H and O–H groups in total. The number of para-hydroxylation sites is 1. The Balaban J connectivity index is 1.93. The van der Waals surface area contributed by atoms with E-state index in [2.05, 4.69) is 5.32 Å². The van der Waals surface area contributed by atoms with Crippen LogP contribution in [0.4, 0.5) is 5.69 Å². The SMILES string of the molecule is O=C1/C(=C/c2ccccc2)NC(=S)N1c1ccccc1. The minimum absolute atomic E-state index is 0.134. The maximum absolute atomic E-state index is 12.4. The summed E-state index contributed by atoms with van der Waals surface area (Å²) in [6.45, 7) is 0. The van der Waals surface area contributed by atoms with Crippen LogP contribution >= 0.6 is 12.2 Å². The molecular formula is C16H12N2OS. The average molecular weight is 280 g/mol. The number of benzene rings is 2. The summed E-state index contributed by atoms with van der Waals surface area (Å²) < 4.78 is 0. The molecule has 4 heteroatoms. The zero-order valence-electron chi connectivity index (χ0n) is 10.6. The Labute approximate surface area is 122 Å². The maximum atomic E-state index is 12.4. The average Bonchev–Trinajstić information content (AvgIpc) is 2.75. The molecule has 0 aliphatic carbocycles. The number of thiocarbonyl (C=S) groups is 1. The van der Waals surface area contributed by atoms with Crippen molar-refractivity contribution in [3.63, 3.8) is 0 Å². The van der Waals surface area contributed by atoms with Gasteiger partial charge in [-0.25, -0.2) is 0 Å². The van der Waals surface area contributed by atoms with E-state index in [1.54, 1.807) is 6.08 Å². The monoisotopic (exact) mass is 280 g/mol. The predicted octanol–water partition coefficient (Wildman–Crippen LogP) is 2.95. The van der Waals surface area contributed by atoms with Gasteiger partial charge in [0.2, 0.25) is 0 Å². The van der Waals surface area contributed by atoms with Crippen molar-refractivity contribution < 1.29 is 4.79 Å². The molecule has 0 spiro atoms. The van der Waals surface area contributed by atoms with Crippen LogP contribution in [0.25, 0.3) is 6.08 Å². The largest absolute Gasteiger partial charge is 0.327 e. The second kappa shape index (κ2) is 5.27. The Hall–Kier alpha value is -2.46. The van der Waals surface area contributed by atoms with Crippen LogP contribution in [-0.2, 0) is 4.79 Å². The third kappa shape index (κ3) is 2.33. The fourth-order valence-corrected chi connectivity index (χ4v) is 2.36. The van der Waals surface area contributed by atoms with Crippen molar-refractivity contribution in [2.24, 2.45) is 0 Å². The molecule has 0 radical (unpaired) electrons. The van der Waals surface area contributed by atoms with Gasteiger partial charge < -0.3 is 5.32 Å². The Bertz CT molecular complexity index is 680. The molecule has 0 unspecified atom stereocenters. The molecule has 1 fully saturated rings. The summed E-state index contributed by atoms with van der Waals surface area (Å²) in [6.07, 6.45) is 1.80. The van der Waals surface area contributed by atoms with Gasteiger partial charge in [0.25, 0.3) is 5.91 Å². The molecule has 3 nitrogen and oxygen atoms in total. The van der Waals surface area contributed by atoms with E-state index in [9.17, 15) is 4.79 Å². The van der Waals surface area contributed by atoms with E-state index in [0.29, 0.717) is 10.8 Å². The highest BCUT2D eigenvalue weighted by Crippen LogP contribution is 2.21. The van der Waals surface area contributed by atoms with Gasteiger partial charge >= 0.3 is 0 Å². The molecule has 0 saturated carbocycles. The van der Waals surface area contributed by atoms with Crippen LogP contribution in [0.15, 0.2) is 66.4 Å². The molecule has 0 atom stereocenters. The van der Waals surface area contributed by atoms with Gasteiger partial charge in [-0.05, 0) is 36.0 Å². The molecule has 2 aromatic rings. The van der Waals surface area contributed by atoms with Gasteiger partial charge in [-0.2, -0.15) is 0 Å². The summed E-state index contributed by atoms with van der Waals surface area (Å²) in [4.78, 5) is 13.9. The summed E-state index contributed by atoms with van der Waals surface area (Å²) in [5, 5.41) is 3.38. The smallest absolute Gasteiger partial charge is 0.281 e. The molecule has 98 valence electrons. The first kappa shape index (κ1) is 12.6. The standard InChI is InChI=1S/C16H12N2OS/c19-15-14(11-12-7-3-1-4-8-12)17-16(20)18(15)13-9-5-2-6-10-13/h1-11H,(H,17,20)/b14-11-. The van der Waals surface area contributed by atoms with Gasteiger partial charge in [0, 0.05) is 0 Å². The van der Waals surface area contributed by atoms with Crippen LogP contribution in [0.5, 0.6) is 0 Å². The van der Waals surface area contributed by atoms with Crippen LogP contribution in [-0.4, -0.2) is 11.0 Å². The third-order valence-electron chi connectivity index (χ3n) is 3.00. The molecule has 1 heterocycles. The highest BCUT2D eigenvalue weighted by Gasteiger charge is 2.31. The molecule has 1 aliphatic heterocycles. The Morgan fingerprint density at radius 2 is 1.55 bits per heavy atom. The van der Waals surface area contributed by atoms with E-state index in [4.69, 9.17) is 12.2 Å². The highest BCUT2D eigenvalue weighted by molar-refractivity contribution is 7.80. The normalized spacial score (nSPS) is 16.6. The van der Waals surface area contributed by atoms with Crippen molar-refractivity contribution in [3.05, 3.63) is 71.9 Å². The number of nitrogens with zero attached hydrogens (tertiary/aromatic N) is 1. The van der Waals surface area contributed by atoms with Crippen LogP contribution in [0.3, 0.4) is 0 Å². The summed E-state index contributed by atoms with van der Waals surface area (Å²) in [7, 11) is 0. The van der Waals surface area contributed by atoms with Crippen LogP contribution in [0, 0.1) is 0 Å². The van der Waals surface area contributed by atoms with E-state index < -0.39 is 0 Å². The molecule has 1 aliphatic rings. The minimum atomic E-state index is -0.134. The van der Waals surface area contributed by atoms with Crippen molar-refractivity contribution >= 4 is 35.0 Å². The lowest BCUT2D eigenvalue weighted by molar-refractivity contribution is -0.113. The molecule has 1 saturated heterocycles. The molecule has 3 rings (SSSR count). The van der Waals surface area contributed by atoms with Gasteiger partial charge in [0.05, 0.1) is 5.69 Å². The fraction of sp³-hybridized carbons (Fsp3) is 0. The lowest BCUT2D eigenvalue weighted by Crippen LogP contribution is -2.30. The third-order valence-corrected chi connectivity index (χ3v) is 3.29. The zero-order valence-corrected chi connectivity index (χ0v) is 11.4. The van der Waals surface area contributed by atoms with Gasteiger partial charge in [-0.3, -0.25) is 9.69 Å². The number of hydrogen-bond donors (Lipinski definition) is 1. The Morgan fingerprint density at radius 3 is 2.20 bits per heavy atom. The van der Waals surface area contributed by atoms with E-state index in [1.807, 2.05) is 60.7 Å². The number of amides is 1. The van der Waals surface area contributed by atoms with Crippen molar-refractivity contribution in [1.82, 2.24) is 5.32 Å². The van der Waals surface area contributed by atoms with Crippen molar-refractivity contribution in [3.8, 4) is 0 Å². The topological polar surface area (TPSA) is 32.3 Å². The molecule has 0 aromatic heterocycles. The quantitative estimate of drug-likeness (QED) is 0.678. The van der Waals surface area contributed by atoms with E-state index in [-0.39, 0.29) is 5.91 Å². The van der Waals surface area contributed by atoms with Crippen LogP contribution < -0.4 is 10.2 Å². The number of anilines is 1. The van der Waals surface area contributed by atoms with Gasteiger partial charge in [-0.15, -0.1) is 0 Å². The second-order valence-electron chi connectivity index (χ2n) is 4.37. The number of nitrogens with one attached hydrogen (secondary N) is 1. The summed E-state index contributed by atoms with van der Waals surface area (Å²) in [5.74, 6) is -0.134. The lowest BCUT2D eigenvalue weighted by Gasteiger charge is -2.13. The number of hydrogen-bond acceptors (Lipinski definition) is 2. The van der Waals surface area contributed by atoms with Crippen molar-refractivity contribution in [2.75, 3.05) is 4.90 Å². The van der Waals surface area contributed by atoms with Gasteiger partial charge in [0.15, 0.2) is 5.11 Å². The van der Waals surface area contributed by atoms with Gasteiger partial charge in [0.1, 0.15) is 5.70 Å². The van der Waals surface area contributed by atoms with Crippen LogP contribution in [0.1, 0.15) is 5.56 Å². The Morgan fingerprint density at radius 1 is 0.950 bits per heavy atom. The van der Waals surface area contributed by atoms with Crippen LogP contribution in [0.2, 0.25) is 0 Å². The highest BCUT2D eigenvalue weighted by atomic mass is 32.1. The van der Waals surface area contributed by atoms with Crippen molar-refractivity contribution in [1.29, 1.82) is 0 Å². The summed E-state index contributed by atoms with van der Waals surface area (Å²) in [6, 6.07) is 19.1. The first-order valence-corrected chi connectivity index (χ1v) is 6.64. The number of rotatable bonds is 2. The molecule has 2 aromatic carbocycles. The zero-order chi connectivity index (χ0) is 13.9. The second-order valence-corrected chi connectivity index (χ2v) is 4.76. The molecule has 20 heavy (non-hydrogen) atoms. The van der Waals surface area contributed by atoms with E-state index in [1.165, 1.54) is 4.90 Å². The van der Waals surface area contributed by atoms with E-state index in [0.717, 1.165) is 11.3 Å². The van der Waals surface area contributed by atoms with Crippen molar-refractivity contribution in [2.45, 2.75) is 0 Å². The summed E-state index contributed by atoms with van der Waals surface area (Å²) in [5.41, 5.74) is 2.22. The molecular weight excluding hydrogens is 268 g/mol. The molecule has 1 amide bonds. The summed E-state index contributed by atoms with van der Waals surface area (Å²) >= 11 is 5.25. The van der Waals surface area contributed by atoms with E-state index >= 15 is 0 Å². The van der Waals surface area contributed by atoms with Gasteiger partial charge in [-0.1, -0.05) is 48.5 Å². The first-order chi connectivity index (χ1) is 9.75. The minimum Gasteiger partial charge on any atom is -0.327 e. The predicted molar refractivity (Wildman–Crippen MR) is 84.1 cm³/mol. The molecule has 0 bridgehead atoms. The Kier molecular flexibility index (Phi) is 3.31. The number of carbonyl (C=O) groups excluding carboxylic acids is 1.